The van der Waals surface area contributed by atoms with Gasteiger partial charge in [-0.2, -0.15) is 5.26 Å². The molecule has 0 bridgehead atoms. The molecule has 0 unspecified atom stereocenters. The Kier molecular flexibility index (Phi) is 7.07. The van der Waals surface area contributed by atoms with Gasteiger partial charge in [0.2, 0.25) is 5.91 Å². The van der Waals surface area contributed by atoms with Gasteiger partial charge < -0.3 is 15.0 Å². The van der Waals surface area contributed by atoms with Crippen LogP contribution in [-0.2, 0) is 11.3 Å². The molecule has 5 heteroatoms. The normalized spacial score (nSPS) is 10.3. The van der Waals surface area contributed by atoms with Crippen LogP contribution in [-0.4, -0.2) is 18.6 Å². The highest BCUT2D eigenvalue weighted by Crippen LogP contribution is 2.20. The van der Waals surface area contributed by atoms with Crippen molar-refractivity contribution in [3.05, 3.63) is 90.0 Å². The van der Waals surface area contributed by atoms with E-state index in [1.807, 2.05) is 85.5 Å². The summed E-state index contributed by atoms with van der Waals surface area (Å²) in [4.78, 5) is 14.7. The van der Waals surface area contributed by atoms with Gasteiger partial charge in [-0.3, -0.25) is 4.79 Å². The van der Waals surface area contributed by atoms with Crippen molar-refractivity contribution in [2.24, 2.45) is 0 Å². The molecule has 0 aromatic heterocycles. The van der Waals surface area contributed by atoms with Crippen LogP contribution in [0, 0.1) is 11.3 Å². The zero-order valence-corrected chi connectivity index (χ0v) is 17.2. The maximum Gasteiger partial charge on any atom is 0.243 e. The molecule has 0 saturated heterocycles. The summed E-state index contributed by atoms with van der Waals surface area (Å²) in [6, 6.07) is 26.7. The first-order valence-corrected chi connectivity index (χ1v) is 9.89. The number of hydrogen-bond donors (Lipinski definition) is 1. The third kappa shape index (κ3) is 6.11. The molecule has 0 fully saturated rings. The summed E-state index contributed by atoms with van der Waals surface area (Å²) >= 11 is 0. The fourth-order valence-corrected chi connectivity index (χ4v) is 3.08. The van der Waals surface area contributed by atoms with Gasteiger partial charge in [-0.05, 0) is 61.9 Å². The van der Waals surface area contributed by atoms with Crippen LogP contribution >= 0.6 is 0 Å². The molecule has 3 rings (SSSR count). The third-order valence-corrected chi connectivity index (χ3v) is 4.40. The van der Waals surface area contributed by atoms with E-state index in [-0.39, 0.29) is 18.6 Å². The largest absolute Gasteiger partial charge is 0.491 e. The third-order valence-electron chi connectivity index (χ3n) is 4.40. The van der Waals surface area contributed by atoms with Crippen molar-refractivity contribution in [1.29, 1.82) is 5.26 Å². The Bertz CT molecular complexity index is 1010. The smallest absolute Gasteiger partial charge is 0.243 e. The molecule has 1 N–H and O–H groups in total. The van der Waals surface area contributed by atoms with Crippen molar-refractivity contribution in [3.63, 3.8) is 0 Å². The summed E-state index contributed by atoms with van der Waals surface area (Å²) in [7, 11) is 0. The van der Waals surface area contributed by atoms with E-state index in [9.17, 15) is 10.1 Å². The molecular formula is C25H25N3O2. The molecule has 3 aromatic carbocycles. The van der Waals surface area contributed by atoms with E-state index < -0.39 is 0 Å². The van der Waals surface area contributed by atoms with Crippen LogP contribution < -0.4 is 15.0 Å². The second-order valence-electron chi connectivity index (χ2n) is 7.24. The molecule has 1 amide bonds. The van der Waals surface area contributed by atoms with Crippen molar-refractivity contribution < 1.29 is 9.53 Å². The van der Waals surface area contributed by atoms with Crippen LogP contribution in [0.3, 0.4) is 0 Å². The molecule has 3 aromatic rings. The van der Waals surface area contributed by atoms with Crippen molar-refractivity contribution in [3.8, 4) is 11.8 Å². The lowest BCUT2D eigenvalue weighted by molar-refractivity contribution is -0.115. The van der Waals surface area contributed by atoms with Crippen LogP contribution in [0.1, 0.15) is 25.0 Å². The highest BCUT2D eigenvalue weighted by Gasteiger charge is 2.13. The standard InChI is InChI=1S/C25H25N3O2/c1-19(2)30-24-13-11-22(12-14-24)27-25(29)18-28(17-20-7-4-3-5-8-20)23-10-6-9-21(15-23)16-26/h3-15,19H,17-18H2,1-2H3,(H,27,29). The Morgan fingerprint density at radius 3 is 2.43 bits per heavy atom. The first-order valence-electron chi connectivity index (χ1n) is 9.89. The average Bonchev–Trinajstić information content (AvgIpc) is 2.75. The number of hydrogen-bond acceptors (Lipinski definition) is 4. The van der Waals surface area contributed by atoms with Gasteiger partial charge in [-0.1, -0.05) is 36.4 Å². The fraction of sp³-hybridized carbons (Fsp3) is 0.200. The number of benzene rings is 3. The zero-order chi connectivity index (χ0) is 21.3. The van der Waals surface area contributed by atoms with Crippen LogP contribution in [0.2, 0.25) is 0 Å². The maximum atomic E-state index is 12.8. The molecule has 0 saturated carbocycles. The van der Waals surface area contributed by atoms with Gasteiger partial charge in [-0.15, -0.1) is 0 Å². The number of nitriles is 1. The summed E-state index contributed by atoms with van der Waals surface area (Å²) in [6.45, 7) is 4.66. The molecule has 0 heterocycles. The Labute approximate surface area is 177 Å². The molecular weight excluding hydrogens is 374 g/mol. The quantitative estimate of drug-likeness (QED) is 0.579. The number of rotatable bonds is 8. The predicted molar refractivity (Wildman–Crippen MR) is 119 cm³/mol. The summed E-state index contributed by atoms with van der Waals surface area (Å²) < 4.78 is 5.64. The minimum Gasteiger partial charge on any atom is -0.491 e. The van der Waals surface area contributed by atoms with Crippen molar-refractivity contribution in [2.75, 3.05) is 16.8 Å². The summed E-state index contributed by atoms with van der Waals surface area (Å²) in [6.07, 6.45) is 0.0983. The van der Waals surface area contributed by atoms with E-state index in [2.05, 4.69) is 11.4 Å². The van der Waals surface area contributed by atoms with Gasteiger partial charge >= 0.3 is 0 Å². The number of carbonyl (C=O) groups is 1. The van der Waals surface area contributed by atoms with E-state index in [1.54, 1.807) is 12.1 Å². The summed E-state index contributed by atoms with van der Waals surface area (Å²) in [5.74, 6) is 0.632. The van der Waals surface area contributed by atoms with E-state index in [4.69, 9.17) is 4.74 Å². The van der Waals surface area contributed by atoms with Crippen molar-refractivity contribution >= 4 is 17.3 Å². The van der Waals surface area contributed by atoms with E-state index in [0.29, 0.717) is 17.8 Å². The Hall–Kier alpha value is -3.78. The van der Waals surface area contributed by atoms with E-state index in [0.717, 1.165) is 17.0 Å². The number of ether oxygens (including phenoxy) is 1. The molecule has 0 radical (unpaired) electrons. The topological polar surface area (TPSA) is 65.4 Å². The number of nitrogens with one attached hydrogen (secondary N) is 1. The molecule has 152 valence electrons. The van der Waals surface area contributed by atoms with Crippen LogP contribution in [0.5, 0.6) is 5.75 Å². The van der Waals surface area contributed by atoms with Gasteiger partial charge in [0.05, 0.1) is 24.3 Å². The second-order valence-corrected chi connectivity index (χ2v) is 7.24. The van der Waals surface area contributed by atoms with E-state index >= 15 is 0 Å². The number of carbonyl (C=O) groups excluding carboxylic acids is 1. The van der Waals surface area contributed by atoms with Gasteiger partial charge in [0, 0.05) is 17.9 Å². The minimum atomic E-state index is -0.134. The lowest BCUT2D eigenvalue weighted by Gasteiger charge is -2.24. The fourth-order valence-electron chi connectivity index (χ4n) is 3.08. The number of anilines is 2. The molecule has 30 heavy (non-hydrogen) atoms. The predicted octanol–water partition coefficient (Wildman–Crippen LogP) is 4.99. The lowest BCUT2D eigenvalue weighted by atomic mass is 10.1. The van der Waals surface area contributed by atoms with Crippen molar-refractivity contribution in [2.45, 2.75) is 26.5 Å². The first kappa shape index (κ1) is 20.9. The Balaban J connectivity index is 1.73. The van der Waals surface area contributed by atoms with Crippen molar-refractivity contribution in [1.82, 2.24) is 0 Å². The Morgan fingerprint density at radius 1 is 1.03 bits per heavy atom. The molecule has 5 nitrogen and oxygen atoms in total. The van der Waals surface area contributed by atoms with Crippen LogP contribution in [0.15, 0.2) is 78.9 Å². The second kappa shape index (κ2) is 10.1. The minimum absolute atomic E-state index is 0.0983. The van der Waals surface area contributed by atoms with Crippen LogP contribution in [0.25, 0.3) is 0 Å². The summed E-state index contributed by atoms with van der Waals surface area (Å²) in [5, 5.41) is 12.2. The number of nitrogens with zero attached hydrogens (tertiary/aromatic N) is 2. The molecule has 0 atom stereocenters. The lowest BCUT2D eigenvalue weighted by Crippen LogP contribution is -2.33. The average molecular weight is 399 g/mol. The SMILES string of the molecule is CC(C)Oc1ccc(NC(=O)CN(Cc2ccccc2)c2cccc(C#N)c2)cc1. The zero-order valence-electron chi connectivity index (χ0n) is 17.2. The highest BCUT2D eigenvalue weighted by atomic mass is 16.5. The Morgan fingerprint density at radius 2 is 1.77 bits per heavy atom. The molecule has 0 aliphatic rings. The highest BCUT2D eigenvalue weighted by molar-refractivity contribution is 5.94. The van der Waals surface area contributed by atoms with Gasteiger partial charge in [0.1, 0.15) is 5.75 Å². The van der Waals surface area contributed by atoms with Gasteiger partial charge in [-0.25, -0.2) is 0 Å². The number of amides is 1. The molecule has 0 aliphatic heterocycles. The van der Waals surface area contributed by atoms with Gasteiger partial charge in [0.25, 0.3) is 0 Å². The van der Waals surface area contributed by atoms with Crippen LogP contribution in [0.4, 0.5) is 11.4 Å². The molecule has 0 spiro atoms. The maximum absolute atomic E-state index is 12.8. The van der Waals surface area contributed by atoms with E-state index in [1.165, 1.54) is 0 Å². The summed E-state index contributed by atoms with van der Waals surface area (Å²) in [5.41, 5.74) is 3.19. The molecule has 0 aliphatic carbocycles. The first-order chi connectivity index (χ1) is 14.5. The van der Waals surface area contributed by atoms with Gasteiger partial charge in [0.15, 0.2) is 0 Å². The monoisotopic (exact) mass is 399 g/mol.